The van der Waals surface area contributed by atoms with E-state index in [2.05, 4.69) is 0 Å². The summed E-state index contributed by atoms with van der Waals surface area (Å²) in [5, 5.41) is 0. The zero-order valence-corrected chi connectivity index (χ0v) is 9.07. The van der Waals surface area contributed by atoms with E-state index in [0.29, 0.717) is 12.2 Å². The number of rotatable bonds is 4. The van der Waals surface area contributed by atoms with E-state index in [-0.39, 0.29) is 5.82 Å². The van der Waals surface area contributed by atoms with Gasteiger partial charge in [0.15, 0.2) is 0 Å². The van der Waals surface area contributed by atoms with Crippen LogP contribution in [0.3, 0.4) is 0 Å². The van der Waals surface area contributed by atoms with E-state index in [1.807, 2.05) is 29.0 Å². The monoisotopic (exact) mass is 218 g/mol. The first-order valence-electron chi connectivity index (χ1n) is 5.44. The molecule has 84 valence electrons. The predicted octanol–water partition coefficient (Wildman–Crippen LogP) is 2.51. The van der Waals surface area contributed by atoms with Crippen LogP contribution in [0.5, 0.6) is 0 Å². The number of nitrogens with two attached hydrogens (primary N) is 1. The number of halogens is 1. The second-order valence-corrected chi connectivity index (χ2v) is 3.71. The molecule has 2 aromatic rings. The molecule has 0 radical (unpaired) electrons. The maximum atomic E-state index is 13.6. The van der Waals surface area contributed by atoms with Crippen molar-refractivity contribution < 1.29 is 4.39 Å². The predicted molar refractivity (Wildman–Crippen MR) is 63.1 cm³/mol. The average molecular weight is 218 g/mol. The first-order chi connectivity index (χ1) is 7.83. The van der Waals surface area contributed by atoms with E-state index in [1.165, 1.54) is 6.07 Å². The second-order valence-electron chi connectivity index (χ2n) is 3.71. The van der Waals surface area contributed by atoms with E-state index in [9.17, 15) is 4.39 Å². The smallest absolute Gasteiger partial charge is 0.147 e. The second kappa shape index (κ2) is 4.94. The Labute approximate surface area is 94.5 Å². The molecule has 1 heterocycles. The SMILES string of the molecule is NCCCc1cccn1-c1ccccc1F. The molecule has 0 aliphatic rings. The summed E-state index contributed by atoms with van der Waals surface area (Å²) in [6.45, 7) is 0.655. The van der Waals surface area contributed by atoms with Crippen LogP contribution < -0.4 is 5.73 Å². The molecule has 0 saturated heterocycles. The summed E-state index contributed by atoms with van der Waals surface area (Å²) in [5.74, 6) is -0.201. The molecule has 0 saturated carbocycles. The van der Waals surface area contributed by atoms with Gasteiger partial charge in [0, 0.05) is 11.9 Å². The van der Waals surface area contributed by atoms with Gasteiger partial charge in [0.1, 0.15) is 5.82 Å². The van der Waals surface area contributed by atoms with E-state index in [1.54, 1.807) is 12.1 Å². The summed E-state index contributed by atoms with van der Waals surface area (Å²) < 4.78 is 15.5. The van der Waals surface area contributed by atoms with Gasteiger partial charge in [-0.25, -0.2) is 4.39 Å². The number of benzene rings is 1. The molecular formula is C13H15FN2. The van der Waals surface area contributed by atoms with Gasteiger partial charge in [0.2, 0.25) is 0 Å². The van der Waals surface area contributed by atoms with Gasteiger partial charge in [0.25, 0.3) is 0 Å². The lowest BCUT2D eigenvalue weighted by Crippen LogP contribution is -2.05. The van der Waals surface area contributed by atoms with Crippen molar-refractivity contribution in [2.45, 2.75) is 12.8 Å². The molecule has 0 aliphatic heterocycles. The quantitative estimate of drug-likeness (QED) is 0.839. The fourth-order valence-corrected chi connectivity index (χ4v) is 1.79. The number of para-hydroxylation sites is 1. The molecule has 0 bridgehead atoms. The Morgan fingerprint density at radius 2 is 1.94 bits per heavy atom. The largest absolute Gasteiger partial charge is 0.330 e. The van der Waals surface area contributed by atoms with Crippen molar-refractivity contribution in [3.63, 3.8) is 0 Å². The van der Waals surface area contributed by atoms with Crippen LogP contribution in [0.4, 0.5) is 4.39 Å². The van der Waals surface area contributed by atoms with Crippen molar-refractivity contribution in [1.29, 1.82) is 0 Å². The summed E-state index contributed by atoms with van der Waals surface area (Å²) in [6.07, 6.45) is 3.67. The maximum absolute atomic E-state index is 13.6. The minimum absolute atomic E-state index is 0.201. The maximum Gasteiger partial charge on any atom is 0.147 e. The number of nitrogens with zero attached hydrogens (tertiary/aromatic N) is 1. The van der Waals surface area contributed by atoms with E-state index in [4.69, 9.17) is 5.73 Å². The fraction of sp³-hybridized carbons (Fsp3) is 0.231. The lowest BCUT2D eigenvalue weighted by Gasteiger charge is -2.09. The van der Waals surface area contributed by atoms with Crippen LogP contribution in [0.2, 0.25) is 0 Å². The van der Waals surface area contributed by atoms with Crippen LogP contribution in [-0.2, 0) is 6.42 Å². The third kappa shape index (κ3) is 2.14. The van der Waals surface area contributed by atoms with Crippen LogP contribution in [0, 0.1) is 5.82 Å². The number of aryl methyl sites for hydroxylation is 1. The molecule has 0 unspecified atom stereocenters. The summed E-state index contributed by atoms with van der Waals surface area (Å²) in [4.78, 5) is 0. The van der Waals surface area contributed by atoms with Gasteiger partial charge in [-0.3, -0.25) is 0 Å². The first-order valence-corrected chi connectivity index (χ1v) is 5.44. The fourth-order valence-electron chi connectivity index (χ4n) is 1.79. The molecule has 0 atom stereocenters. The highest BCUT2D eigenvalue weighted by molar-refractivity contribution is 5.36. The Hall–Kier alpha value is -1.61. The first kappa shape index (κ1) is 10.9. The number of hydrogen-bond donors (Lipinski definition) is 1. The van der Waals surface area contributed by atoms with Crippen LogP contribution >= 0.6 is 0 Å². The summed E-state index contributed by atoms with van der Waals surface area (Å²) in [5.41, 5.74) is 7.17. The highest BCUT2D eigenvalue weighted by Gasteiger charge is 2.06. The molecule has 2 rings (SSSR count). The zero-order valence-electron chi connectivity index (χ0n) is 9.07. The molecule has 0 fully saturated rings. The molecule has 2 nitrogen and oxygen atoms in total. The van der Waals surface area contributed by atoms with Gasteiger partial charge in [-0.05, 0) is 43.7 Å². The van der Waals surface area contributed by atoms with Crippen LogP contribution in [0.15, 0.2) is 42.6 Å². The van der Waals surface area contributed by atoms with Gasteiger partial charge in [0.05, 0.1) is 5.69 Å². The topological polar surface area (TPSA) is 30.9 Å². The standard InChI is InChI=1S/C13H15FN2/c14-12-7-1-2-8-13(12)16-10-4-6-11(16)5-3-9-15/h1-2,4,6-8,10H,3,5,9,15H2. The highest BCUT2D eigenvalue weighted by Crippen LogP contribution is 2.17. The molecular weight excluding hydrogens is 203 g/mol. The lowest BCUT2D eigenvalue weighted by atomic mass is 10.2. The Morgan fingerprint density at radius 3 is 2.69 bits per heavy atom. The van der Waals surface area contributed by atoms with E-state index >= 15 is 0 Å². The minimum atomic E-state index is -0.201. The van der Waals surface area contributed by atoms with Gasteiger partial charge < -0.3 is 10.3 Å². The number of aromatic nitrogens is 1. The van der Waals surface area contributed by atoms with Crippen molar-refractivity contribution in [3.05, 3.63) is 54.1 Å². The molecule has 2 N–H and O–H groups in total. The van der Waals surface area contributed by atoms with Crippen molar-refractivity contribution >= 4 is 0 Å². The Bertz CT molecular complexity index is 462. The third-order valence-corrected chi connectivity index (χ3v) is 2.58. The third-order valence-electron chi connectivity index (χ3n) is 2.58. The van der Waals surface area contributed by atoms with Gasteiger partial charge in [-0.2, -0.15) is 0 Å². The van der Waals surface area contributed by atoms with Crippen molar-refractivity contribution in [2.24, 2.45) is 5.73 Å². The normalized spacial score (nSPS) is 10.6. The Morgan fingerprint density at radius 1 is 1.12 bits per heavy atom. The van der Waals surface area contributed by atoms with Gasteiger partial charge in [-0.1, -0.05) is 12.1 Å². The molecule has 0 spiro atoms. The van der Waals surface area contributed by atoms with Crippen LogP contribution in [-0.4, -0.2) is 11.1 Å². The van der Waals surface area contributed by atoms with Crippen LogP contribution in [0.25, 0.3) is 5.69 Å². The van der Waals surface area contributed by atoms with Gasteiger partial charge in [-0.15, -0.1) is 0 Å². The molecule has 3 heteroatoms. The lowest BCUT2D eigenvalue weighted by molar-refractivity contribution is 0.615. The van der Waals surface area contributed by atoms with E-state index in [0.717, 1.165) is 18.5 Å². The summed E-state index contributed by atoms with van der Waals surface area (Å²) >= 11 is 0. The van der Waals surface area contributed by atoms with Crippen molar-refractivity contribution in [1.82, 2.24) is 4.57 Å². The molecule has 0 aliphatic carbocycles. The Kier molecular flexibility index (Phi) is 3.37. The van der Waals surface area contributed by atoms with Crippen LogP contribution in [0.1, 0.15) is 12.1 Å². The molecule has 1 aromatic heterocycles. The summed E-state index contributed by atoms with van der Waals surface area (Å²) in [6, 6.07) is 10.7. The highest BCUT2D eigenvalue weighted by atomic mass is 19.1. The summed E-state index contributed by atoms with van der Waals surface area (Å²) in [7, 11) is 0. The minimum Gasteiger partial charge on any atom is -0.330 e. The Balaban J connectivity index is 2.33. The van der Waals surface area contributed by atoms with E-state index < -0.39 is 0 Å². The average Bonchev–Trinajstić information content (AvgIpc) is 2.75. The molecule has 0 amide bonds. The van der Waals surface area contributed by atoms with Crippen molar-refractivity contribution in [3.8, 4) is 5.69 Å². The number of hydrogen-bond acceptors (Lipinski definition) is 1. The van der Waals surface area contributed by atoms with Crippen molar-refractivity contribution in [2.75, 3.05) is 6.54 Å². The molecule has 1 aromatic carbocycles. The molecule has 16 heavy (non-hydrogen) atoms. The zero-order chi connectivity index (χ0) is 11.4. The van der Waals surface area contributed by atoms with Gasteiger partial charge >= 0.3 is 0 Å².